The van der Waals surface area contributed by atoms with E-state index in [0.29, 0.717) is 12.2 Å². The average molecular weight is 233 g/mol. The van der Waals surface area contributed by atoms with Crippen molar-refractivity contribution in [3.63, 3.8) is 0 Å². The van der Waals surface area contributed by atoms with Crippen LogP contribution in [-0.2, 0) is 18.8 Å². The maximum absolute atomic E-state index is 10.4. The number of nitrogens with zero attached hydrogens (tertiary/aromatic N) is 3. The largest absolute Gasteiger partial charge is 0.390 e. The number of benzene rings is 1. The third-order valence-electron chi connectivity index (χ3n) is 2.61. The van der Waals surface area contributed by atoms with E-state index in [1.165, 1.54) is 4.68 Å². The lowest BCUT2D eigenvalue weighted by Crippen LogP contribution is -2.28. The molecule has 0 amide bonds. The molecule has 5 nitrogen and oxygen atoms in total. The highest BCUT2D eigenvalue weighted by Gasteiger charge is 2.24. The number of hydrogen-bond acceptors (Lipinski definition) is 4. The molecule has 2 rings (SSSR count). The van der Waals surface area contributed by atoms with Gasteiger partial charge in [-0.05, 0) is 12.5 Å². The van der Waals surface area contributed by atoms with Crippen molar-refractivity contribution < 1.29 is 10.2 Å². The summed E-state index contributed by atoms with van der Waals surface area (Å²) in [5.41, 5.74) is 0.303. The van der Waals surface area contributed by atoms with Gasteiger partial charge in [-0.25, -0.2) is 4.68 Å². The third-order valence-corrected chi connectivity index (χ3v) is 2.61. The van der Waals surface area contributed by atoms with Gasteiger partial charge in [0.05, 0.1) is 19.3 Å². The second-order valence-corrected chi connectivity index (χ2v) is 4.21. The Morgan fingerprint density at radius 3 is 2.59 bits per heavy atom. The van der Waals surface area contributed by atoms with Crippen LogP contribution in [0, 0.1) is 0 Å². The first-order valence-electron chi connectivity index (χ1n) is 5.39. The fraction of sp³-hybridized carbons (Fsp3) is 0.333. The van der Waals surface area contributed by atoms with E-state index in [0.717, 1.165) is 5.56 Å². The molecular weight excluding hydrogens is 218 g/mol. The summed E-state index contributed by atoms with van der Waals surface area (Å²) >= 11 is 0. The predicted octanol–water partition coefficient (Wildman–Crippen LogP) is 0.678. The molecule has 2 N–H and O–H groups in total. The summed E-state index contributed by atoms with van der Waals surface area (Å²) in [5, 5.41) is 26.9. The Bertz CT molecular complexity index is 480. The van der Waals surface area contributed by atoms with Crippen LogP contribution in [0.15, 0.2) is 36.5 Å². The van der Waals surface area contributed by atoms with Crippen LogP contribution in [0.25, 0.3) is 0 Å². The molecule has 0 bridgehead atoms. The fourth-order valence-corrected chi connectivity index (χ4v) is 1.69. The second kappa shape index (κ2) is 4.65. The SMILES string of the molecule is CC(O)(Cn1cc(CO)nn1)c1ccccc1. The van der Waals surface area contributed by atoms with Crippen molar-refractivity contribution in [1.29, 1.82) is 0 Å². The van der Waals surface area contributed by atoms with Crippen LogP contribution in [-0.4, -0.2) is 25.2 Å². The van der Waals surface area contributed by atoms with Gasteiger partial charge in [0.25, 0.3) is 0 Å². The summed E-state index contributed by atoms with van der Waals surface area (Å²) in [6, 6.07) is 9.39. The molecule has 90 valence electrons. The first kappa shape index (κ1) is 11.8. The van der Waals surface area contributed by atoms with Gasteiger partial charge in [0.15, 0.2) is 0 Å². The molecule has 2 aromatic rings. The van der Waals surface area contributed by atoms with Crippen LogP contribution in [0.3, 0.4) is 0 Å². The van der Waals surface area contributed by atoms with Gasteiger partial charge in [-0.3, -0.25) is 0 Å². The molecule has 0 saturated heterocycles. The third kappa shape index (κ3) is 2.69. The molecule has 0 saturated carbocycles. The standard InChI is InChI=1S/C12H15N3O2/c1-12(17,10-5-3-2-4-6-10)9-15-7-11(8-16)13-14-15/h2-7,16-17H,8-9H2,1H3. The van der Waals surface area contributed by atoms with Gasteiger partial charge < -0.3 is 10.2 Å². The first-order chi connectivity index (χ1) is 8.12. The lowest BCUT2D eigenvalue weighted by molar-refractivity contribution is 0.0341. The highest BCUT2D eigenvalue weighted by Crippen LogP contribution is 2.21. The molecule has 0 aliphatic rings. The Kier molecular flexibility index (Phi) is 3.21. The van der Waals surface area contributed by atoms with Crippen molar-refractivity contribution in [2.45, 2.75) is 25.7 Å². The zero-order valence-corrected chi connectivity index (χ0v) is 9.61. The van der Waals surface area contributed by atoms with Crippen LogP contribution in [0.4, 0.5) is 0 Å². The quantitative estimate of drug-likeness (QED) is 0.814. The molecule has 1 heterocycles. The molecule has 0 aliphatic carbocycles. The van der Waals surface area contributed by atoms with E-state index in [1.54, 1.807) is 13.1 Å². The van der Waals surface area contributed by atoms with Crippen LogP contribution in [0.5, 0.6) is 0 Å². The van der Waals surface area contributed by atoms with Crippen LogP contribution >= 0.6 is 0 Å². The number of aromatic nitrogens is 3. The van der Waals surface area contributed by atoms with Crippen molar-refractivity contribution in [2.75, 3.05) is 0 Å². The molecular formula is C12H15N3O2. The van der Waals surface area contributed by atoms with Crippen molar-refractivity contribution in [2.24, 2.45) is 0 Å². The zero-order valence-electron chi connectivity index (χ0n) is 9.61. The molecule has 1 unspecified atom stereocenters. The molecule has 0 spiro atoms. The summed E-state index contributed by atoms with van der Waals surface area (Å²) in [6.45, 7) is 1.88. The Morgan fingerprint density at radius 1 is 1.29 bits per heavy atom. The lowest BCUT2D eigenvalue weighted by atomic mass is 9.96. The van der Waals surface area contributed by atoms with Crippen molar-refractivity contribution >= 4 is 0 Å². The minimum atomic E-state index is -1.01. The zero-order chi connectivity index (χ0) is 12.3. The van der Waals surface area contributed by atoms with Crippen LogP contribution in [0.2, 0.25) is 0 Å². The maximum Gasteiger partial charge on any atom is 0.108 e. The molecule has 0 radical (unpaired) electrons. The van der Waals surface area contributed by atoms with Gasteiger partial charge in [-0.15, -0.1) is 5.10 Å². The second-order valence-electron chi connectivity index (χ2n) is 4.21. The number of aliphatic hydroxyl groups excluding tert-OH is 1. The van der Waals surface area contributed by atoms with Crippen LogP contribution in [0.1, 0.15) is 18.2 Å². The minimum Gasteiger partial charge on any atom is -0.390 e. The van der Waals surface area contributed by atoms with Gasteiger partial charge in [0.1, 0.15) is 11.3 Å². The molecule has 0 aliphatic heterocycles. The molecule has 17 heavy (non-hydrogen) atoms. The molecule has 1 aromatic heterocycles. The first-order valence-corrected chi connectivity index (χ1v) is 5.39. The molecule has 1 aromatic carbocycles. The van der Waals surface area contributed by atoms with Gasteiger partial charge in [-0.1, -0.05) is 35.5 Å². The van der Waals surface area contributed by atoms with Gasteiger partial charge in [-0.2, -0.15) is 0 Å². The van der Waals surface area contributed by atoms with E-state index < -0.39 is 5.60 Å². The summed E-state index contributed by atoms with van der Waals surface area (Å²) in [4.78, 5) is 0. The number of aliphatic hydroxyl groups is 2. The van der Waals surface area contributed by atoms with Crippen molar-refractivity contribution in [3.05, 3.63) is 47.8 Å². The summed E-state index contributed by atoms with van der Waals surface area (Å²) in [5.74, 6) is 0. The van der Waals surface area contributed by atoms with Gasteiger partial charge in [0, 0.05) is 0 Å². The average Bonchev–Trinajstić information content (AvgIpc) is 2.77. The Morgan fingerprint density at radius 2 is 2.00 bits per heavy atom. The molecule has 1 atom stereocenters. The van der Waals surface area contributed by atoms with Crippen molar-refractivity contribution in [1.82, 2.24) is 15.0 Å². The normalized spacial score (nSPS) is 14.5. The number of hydrogen-bond donors (Lipinski definition) is 2. The summed E-state index contributed by atoms with van der Waals surface area (Å²) < 4.78 is 1.53. The maximum atomic E-state index is 10.4. The van der Waals surface area contributed by atoms with E-state index >= 15 is 0 Å². The minimum absolute atomic E-state index is 0.145. The van der Waals surface area contributed by atoms with E-state index in [1.807, 2.05) is 30.3 Å². The lowest BCUT2D eigenvalue weighted by Gasteiger charge is -2.23. The summed E-state index contributed by atoms with van der Waals surface area (Å²) in [7, 11) is 0. The highest BCUT2D eigenvalue weighted by molar-refractivity contribution is 5.21. The smallest absolute Gasteiger partial charge is 0.108 e. The Labute approximate surface area is 99.3 Å². The molecule has 5 heteroatoms. The van der Waals surface area contributed by atoms with E-state index in [2.05, 4.69) is 10.3 Å². The van der Waals surface area contributed by atoms with E-state index in [9.17, 15) is 5.11 Å². The Balaban J connectivity index is 2.17. The van der Waals surface area contributed by atoms with E-state index in [-0.39, 0.29) is 6.61 Å². The predicted molar refractivity (Wildman–Crippen MR) is 62.0 cm³/mol. The van der Waals surface area contributed by atoms with Crippen LogP contribution < -0.4 is 0 Å². The summed E-state index contributed by atoms with van der Waals surface area (Å²) in [6.07, 6.45) is 1.62. The molecule has 0 fully saturated rings. The van der Waals surface area contributed by atoms with Gasteiger partial charge >= 0.3 is 0 Å². The van der Waals surface area contributed by atoms with Crippen molar-refractivity contribution in [3.8, 4) is 0 Å². The monoisotopic (exact) mass is 233 g/mol. The van der Waals surface area contributed by atoms with Gasteiger partial charge in [0.2, 0.25) is 0 Å². The number of rotatable bonds is 4. The topological polar surface area (TPSA) is 71.2 Å². The fourth-order valence-electron chi connectivity index (χ4n) is 1.69. The highest BCUT2D eigenvalue weighted by atomic mass is 16.3. The van der Waals surface area contributed by atoms with E-state index in [4.69, 9.17) is 5.11 Å². The Hall–Kier alpha value is -1.72.